The molecule has 0 aromatic heterocycles. The number of piperazine rings is 1. The van der Waals surface area contributed by atoms with Gasteiger partial charge in [0.15, 0.2) is 0 Å². The first-order valence-electron chi connectivity index (χ1n) is 7.99. The summed E-state index contributed by atoms with van der Waals surface area (Å²) in [5.41, 5.74) is 3.33. The van der Waals surface area contributed by atoms with Crippen LogP contribution >= 0.6 is 0 Å². The van der Waals surface area contributed by atoms with Crippen molar-refractivity contribution in [2.45, 2.75) is 39.5 Å². The molecule has 1 N–H and O–H groups in total. The van der Waals surface area contributed by atoms with Gasteiger partial charge in [-0.05, 0) is 12.3 Å². The van der Waals surface area contributed by atoms with Crippen molar-refractivity contribution in [1.29, 1.82) is 0 Å². The van der Waals surface area contributed by atoms with E-state index >= 15 is 0 Å². The van der Waals surface area contributed by atoms with Gasteiger partial charge in [0.2, 0.25) is 5.91 Å². The lowest BCUT2D eigenvalue weighted by atomic mass is 9.83. The van der Waals surface area contributed by atoms with Gasteiger partial charge in [0.05, 0.1) is 13.5 Å². The second kappa shape index (κ2) is 6.69. The smallest absolute Gasteiger partial charge is 0.227 e. The first kappa shape index (κ1) is 16.8. The summed E-state index contributed by atoms with van der Waals surface area (Å²) in [5.74, 6) is 1.05. The summed E-state index contributed by atoms with van der Waals surface area (Å²) in [6.45, 7) is 11.9. The van der Waals surface area contributed by atoms with Crippen molar-refractivity contribution >= 4 is 5.91 Å². The van der Waals surface area contributed by atoms with E-state index in [1.54, 1.807) is 7.11 Å². The molecule has 1 aromatic rings. The molecule has 1 heterocycles. The third-order valence-corrected chi connectivity index (χ3v) is 4.13. The maximum atomic E-state index is 12.6. The Hall–Kier alpha value is -1.55. The van der Waals surface area contributed by atoms with Crippen LogP contribution in [0.5, 0.6) is 5.75 Å². The molecule has 4 nitrogen and oxygen atoms in total. The number of hydrogen-bond acceptors (Lipinski definition) is 3. The molecule has 122 valence electrons. The highest BCUT2D eigenvalue weighted by atomic mass is 16.5. The van der Waals surface area contributed by atoms with Crippen LogP contribution < -0.4 is 10.1 Å². The van der Waals surface area contributed by atoms with Crippen molar-refractivity contribution < 1.29 is 9.53 Å². The average molecular weight is 304 g/mol. The van der Waals surface area contributed by atoms with Crippen LogP contribution in [0.2, 0.25) is 0 Å². The first-order valence-corrected chi connectivity index (χ1v) is 7.99. The number of methoxy groups -OCH3 is 1. The Morgan fingerprint density at radius 1 is 1.27 bits per heavy atom. The molecule has 0 saturated carbocycles. The molecule has 22 heavy (non-hydrogen) atoms. The van der Waals surface area contributed by atoms with Gasteiger partial charge in [-0.3, -0.25) is 4.79 Å². The molecule has 0 atom stereocenters. The van der Waals surface area contributed by atoms with E-state index < -0.39 is 0 Å². The molecule has 4 heteroatoms. The van der Waals surface area contributed by atoms with E-state index in [1.165, 1.54) is 5.56 Å². The summed E-state index contributed by atoms with van der Waals surface area (Å²) < 4.78 is 5.66. The second-order valence-corrected chi connectivity index (χ2v) is 7.06. The van der Waals surface area contributed by atoms with Gasteiger partial charge >= 0.3 is 0 Å². The van der Waals surface area contributed by atoms with Gasteiger partial charge in [-0.15, -0.1) is 0 Å². The molecule has 1 aliphatic heterocycles. The Labute approximate surface area is 133 Å². The zero-order valence-corrected chi connectivity index (χ0v) is 14.5. The normalized spacial score (nSPS) is 15.8. The minimum Gasteiger partial charge on any atom is -0.496 e. The molecular weight excluding hydrogens is 276 g/mol. The van der Waals surface area contributed by atoms with Gasteiger partial charge in [0, 0.05) is 37.3 Å². The van der Waals surface area contributed by atoms with E-state index in [9.17, 15) is 4.79 Å². The predicted octanol–water partition coefficient (Wildman–Crippen LogP) is 2.28. The number of nitrogens with one attached hydrogen (secondary N) is 1. The SMILES string of the molecule is COc1c(CC(=O)N2CCNCC2)cc(C)cc1C(C)(C)C. The van der Waals surface area contributed by atoms with E-state index in [4.69, 9.17) is 4.74 Å². The Morgan fingerprint density at radius 3 is 2.45 bits per heavy atom. The minimum absolute atomic E-state index is 0.00972. The number of carbonyl (C=O) groups is 1. The summed E-state index contributed by atoms with van der Waals surface area (Å²) >= 11 is 0. The highest BCUT2D eigenvalue weighted by Crippen LogP contribution is 2.35. The van der Waals surface area contributed by atoms with Crippen molar-refractivity contribution in [3.05, 3.63) is 28.8 Å². The second-order valence-electron chi connectivity index (χ2n) is 7.06. The van der Waals surface area contributed by atoms with Crippen molar-refractivity contribution in [3.8, 4) is 5.75 Å². The van der Waals surface area contributed by atoms with Crippen LogP contribution in [0.3, 0.4) is 0 Å². The van der Waals surface area contributed by atoms with Crippen LogP contribution in [0.1, 0.15) is 37.5 Å². The molecule has 1 aliphatic rings. The lowest BCUT2D eigenvalue weighted by Crippen LogP contribution is -2.47. The van der Waals surface area contributed by atoms with E-state index in [0.717, 1.165) is 43.1 Å². The maximum Gasteiger partial charge on any atom is 0.227 e. The Bertz CT molecular complexity index is 541. The number of benzene rings is 1. The Balaban J connectivity index is 2.29. The standard InChI is InChI=1S/C18H28N2O2/c1-13-10-14(12-16(21)20-8-6-19-7-9-20)17(22-5)15(11-13)18(2,3)4/h10-11,19H,6-9,12H2,1-5H3. The maximum absolute atomic E-state index is 12.6. The highest BCUT2D eigenvalue weighted by molar-refractivity contribution is 5.80. The van der Waals surface area contributed by atoms with Gasteiger partial charge in [-0.25, -0.2) is 0 Å². The van der Waals surface area contributed by atoms with Crippen molar-refractivity contribution in [1.82, 2.24) is 10.2 Å². The van der Waals surface area contributed by atoms with E-state index in [1.807, 2.05) is 4.90 Å². The van der Waals surface area contributed by atoms with Gasteiger partial charge < -0.3 is 15.0 Å². The molecule has 1 amide bonds. The van der Waals surface area contributed by atoms with Crippen LogP contribution in [0.15, 0.2) is 12.1 Å². The molecule has 0 aliphatic carbocycles. The van der Waals surface area contributed by atoms with E-state index in [-0.39, 0.29) is 11.3 Å². The third-order valence-electron chi connectivity index (χ3n) is 4.13. The summed E-state index contributed by atoms with van der Waals surface area (Å²) in [7, 11) is 1.69. The molecular formula is C18H28N2O2. The van der Waals surface area contributed by atoms with Crippen molar-refractivity contribution in [2.24, 2.45) is 0 Å². The zero-order valence-electron chi connectivity index (χ0n) is 14.5. The number of hydrogen-bond donors (Lipinski definition) is 1. The fourth-order valence-corrected chi connectivity index (χ4v) is 2.97. The quantitative estimate of drug-likeness (QED) is 0.931. The highest BCUT2D eigenvalue weighted by Gasteiger charge is 2.24. The summed E-state index contributed by atoms with van der Waals surface area (Å²) in [6, 6.07) is 4.24. The average Bonchev–Trinajstić information content (AvgIpc) is 2.46. The summed E-state index contributed by atoms with van der Waals surface area (Å²) in [6.07, 6.45) is 0.411. The lowest BCUT2D eigenvalue weighted by molar-refractivity contribution is -0.131. The Kier molecular flexibility index (Phi) is 5.12. The topological polar surface area (TPSA) is 41.6 Å². The monoisotopic (exact) mass is 304 g/mol. The summed E-state index contributed by atoms with van der Waals surface area (Å²) in [5, 5.41) is 3.28. The number of rotatable bonds is 3. The largest absolute Gasteiger partial charge is 0.496 e. The predicted molar refractivity (Wildman–Crippen MR) is 89.6 cm³/mol. The third kappa shape index (κ3) is 3.80. The van der Waals surface area contributed by atoms with Gasteiger partial charge in [0.1, 0.15) is 5.75 Å². The molecule has 1 fully saturated rings. The van der Waals surface area contributed by atoms with Crippen LogP contribution in [-0.4, -0.2) is 44.1 Å². The van der Waals surface area contributed by atoms with Gasteiger partial charge in [-0.1, -0.05) is 38.5 Å². The molecule has 1 aromatic carbocycles. The van der Waals surface area contributed by atoms with Crippen LogP contribution in [0.4, 0.5) is 0 Å². The number of aryl methyl sites for hydroxylation is 1. The van der Waals surface area contributed by atoms with Crippen molar-refractivity contribution in [3.63, 3.8) is 0 Å². The van der Waals surface area contributed by atoms with Crippen LogP contribution in [0, 0.1) is 6.92 Å². The fraction of sp³-hybridized carbons (Fsp3) is 0.611. The lowest BCUT2D eigenvalue weighted by Gasteiger charge is -2.29. The van der Waals surface area contributed by atoms with Crippen molar-refractivity contribution in [2.75, 3.05) is 33.3 Å². The van der Waals surface area contributed by atoms with Gasteiger partial charge in [0.25, 0.3) is 0 Å². The van der Waals surface area contributed by atoms with E-state index in [2.05, 4.69) is 45.1 Å². The Morgan fingerprint density at radius 2 is 1.91 bits per heavy atom. The number of amides is 1. The number of carbonyl (C=O) groups excluding carboxylic acids is 1. The summed E-state index contributed by atoms with van der Waals surface area (Å²) in [4.78, 5) is 14.5. The van der Waals surface area contributed by atoms with Crippen LogP contribution in [0.25, 0.3) is 0 Å². The molecule has 0 radical (unpaired) electrons. The number of ether oxygens (including phenoxy) is 1. The molecule has 2 rings (SSSR count). The molecule has 0 unspecified atom stereocenters. The van der Waals surface area contributed by atoms with Crippen LogP contribution in [-0.2, 0) is 16.6 Å². The molecule has 0 spiro atoms. The fourth-order valence-electron chi connectivity index (χ4n) is 2.97. The molecule has 1 saturated heterocycles. The molecule has 0 bridgehead atoms. The zero-order chi connectivity index (χ0) is 16.3. The first-order chi connectivity index (χ1) is 10.3. The van der Waals surface area contributed by atoms with E-state index in [0.29, 0.717) is 6.42 Å². The van der Waals surface area contributed by atoms with Gasteiger partial charge in [-0.2, -0.15) is 0 Å². The minimum atomic E-state index is -0.00972. The number of nitrogens with zero attached hydrogens (tertiary/aromatic N) is 1.